The van der Waals surface area contributed by atoms with Crippen molar-refractivity contribution in [3.8, 4) is 5.69 Å². The van der Waals surface area contributed by atoms with Crippen LogP contribution in [-0.2, 0) is 10.0 Å². The van der Waals surface area contributed by atoms with E-state index in [2.05, 4.69) is 10.4 Å². The van der Waals surface area contributed by atoms with Crippen LogP contribution in [0.3, 0.4) is 0 Å². The minimum atomic E-state index is -3.81. The van der Waals surface area contributed by atoms with Crippen molar-refractivity contribution >= 4 is 27.5 Å². The molecule has 1 aromatic heterocycles. The number of primary sulfonamides is 1. The average Bonchev–Trinajstić information content (AvgIpc) is 3.12. The molecule has 1 amide bonds. The van der Waals surface area contributed by atoms with Crippen molar-refractivity contribution in [1.29, 1.82) is 0 Å². The van der Waals surface area contributed by atoms with Gasteiger partial charge >= 0.3 is 0 Å². The standard InChI is InChI=1S/C18H17ClN4O3S/c1-12(13-3-2-4-17(9-13)27(20,25)26)22-18(24)14-10-21-23(11-14)16-7-5-15(19)6-8-16/h2-12H,1H3,(H,22,24)(H2,20,25,26). The molecule has 0 aliphatic rings. The molecule has 0 radical (unpaired) electrons. The Kier molecular flexibility index (Phi) is 5.31. The summed E-state index contributed by atoms with van der Waals surface area (Å²) in [4.78, 5) is 12.5. The van der Waals surface area contributed by atoms with Crippen LogP contribution in [0.1, 0.15) is 28.9 Å². The van der Waals surface area contributed by atoms with Gasteiger partial charge in [-0.25, -0.2) is 18.2 Å². The predicted molar refractivity (Wildman–Crippen MR) is 102 cm³/mol. The Hall–Kier alpha value is -2.68. The molecule has 0 saturated heterocycles. The Morgan fingerprint density at radius 1 is 1.22 bits per heavy atom. The van der Waals surface area contributed by atoms with Crippen molar-refractivity contribution in [2.75, 3.05) is 0 Å². The fourth-order valence-electron chi connectivity index (χ4n) is 2.50. The lowest BCUT2D eigenvalue weighted by Crippen LogP contribution is -2.26. The fraction of sp³-hybridized carbons (Fsp3) is 0.111. The van der Waals surface area contributed by atoms with Crippen LogP contribution >= 0.6 is 11.6 Å². The van der Waals surface area contributed by atoms with Gasteiger partial charge in [-0.05, 0) is 48.9 Å². The maximum Gasteiger partial charge on any atom is 0.254 e. The number of carbonyl (C=O) groups is 1. The van der Waals surface area contributed by atoms with Crippen LogP contribution in [0, 0.1) is 0 Å². The smallest absolute Gasteiger partial charge is 0.254 e. The van der Waals surface area contributed by atoms with E-state index in [0.717, 1.165) is 5.69 Å². The van der Waals surface area contributed by atoms with Crippen molar-refractivity contribution in [3.05, 3.63) is 77.1 Å². The molecular weight excluding hydrogens is 388 g/mol. The summed E-state index contributed by atoms with van der Waals surface area (Å²) < 4.78 is 24.5. The van der Waals surface area contributed by atoms with Gasteiger partial charge < -0.3 is 5.32 Å². The molecule has 3 N–H and O–H groups in total. The number of hydrogen-bond acceptors (Lipinski definition) is 4. The number of amides is 1. The van der Waals surface area contributed by atoms with E-state index in [9.17, 15) is 13.2 Å². The average molecular weight is 405 g/mol. The molecule has 1 heterocycles. The summed E-state index contributed by atoms with van der Waals surface area (Å²) in [5.74, 6) is -0.330. The highest BCUT2D eigenvalue weighted by Crippen LogP contribution is 2.18. The highest BCUT2D eigenvalue weighted by molar-refractivity contribution is 7.89. The third-order valence-corrected chi connectivity index (χ3v) is 5.13. The van der Waals surface area contributed by atoms with Crippen molar-refractivity contribution in [2.24, 2.45) is 5.14 Å². The molecule has 9 heteroatoms. The maximum atomic E-state index is 12.5. The second kappa shape index (κ2) is 7.51. The zero-order chi connectivity index (χ0) is 19.6. The van der Waals surface area contributed by atoms with E-state index in [1.54, 1.807) is 54.2 Å². The molecule has 0 aliphatic carbocycles. The number of nitrogens with two attached hydrogens (primary N) is 1. The van der Waals surface area contributed by atoms with Gasteiger partial charge in [-0.3, -0.25) is 4.79 Å². The fourth-order valence-corrected chi connectivity index (χ4v) is 3.19. The van der Waals surface area contributed by atoms with Crippen molar-refractivity contribution in [1.82, 2.24) is 15.1 Å². The van der Waals surface area contributed by atoms with Gasteiger partial charge in [-0.1, -0.05) is 23.7 Å². The van der Waals surface area contributed by atoms with E-state index in [-0.39, 0.29) is 10.8 Å². The Morgan fingerprint density at radius 2 is 1.93 bits per heavy atom. The molecule has 0 saturated carbocycles. The number of nitrogens with one attached hydrogen (secondary N) is 1. The molecule has 7 nitrogen and oxygen atoms in total. The Morgan fingerprint density at radius 3 is 2.59 bits per heavy atom. The lowest BCUT2D eigenvalue weighted by Gasteiger charge is -2.14. The number of halogens is 1. The highest BCUT2D eigenvalue weighted by atomic mass is 35.5. The topological polar surface area (TPSA) is 107 Å². The summed E-state index contributed by atoms with van der Waals surface area (Å²) in [7, 11) is -3.81. The minimum absolute atomic E-state index is 0.00310. The Balaban J connectivity index is 1.75. The summed E-state index contributed by atoms with van der Waals surface area (Å²) in [6.45, 7) is 1.75. The highest BCUT2D eigenvalue weighted by Gasteiger charge is 2.16. The molecule has 1 unspecified atom stereocenters. The summed E-state index contributed by atoms with van der Waals surface area (Å²) in [5.41, 5.74) is 1.77. The number of nitrogens with zero attached hydrogens (tertiary/aromatic N) is 2. The summed E-state index contributed by atoms with van der Waals surface area (Å²) in [6.07, 6.45) is 3.06. The summed E-state index contributed by atoms with van der Waals surface area (Å²) >= 11 is 5.87. The zero-order valence-corrected chi connectivity index (χ0v) is 15.9. The Bertz CT molecular complexity index is 1080. The Labute approximate surface area is 161 Å². The van der Waals surface area contributed by atoms with Crippen LogP contribution in [0.15, 0.2) is 65.8 Å². The third-order valence-electron chi connectivity index (χ3n) is 3.97. The first-order chi connectivity index (χ1) is 12.7. The van der Waals surface area contributed by atoms with Crippen LogP contribution in [0.2, 0.25) is 5.02 Å². The van der Waals surface area contributed by atoms with E-state index in [0.29, 0.717) is 16.1 Å². The number of benzene rings is 2. The largest absolute Gasteiger partial charge is 0.345 e. The SMILES string of the molecule is CC(NC(=O)c1cnn(-c2ccc(Cl)cc2)c1)c1cccc(S(N)(=O)=O)c1. The molecule has 3 aromatic rings. The molecule has 0 fully saturated rings. The minimum Gasteiger partial charge on any atom is -0.345 e. The second-order valence-electron chi connectivity index (χ2n) is 5.96. The molecule has 0 spiro atoms. The van der Waals surface area contributed by atoms with Crippen LogP contribution in [0.25, 0.3) is 5.69 Å². The monoisotopic (exact) mass is 404 g/mol. The second-order valence-corrected chi connectivity index (χ2v) is 7.96. The third kappa shape index (κ3) is 4.54. The maximum absolute atomic E-state index is 12.5. The number of carbonyl (C=O) groups excluding carboxylic acids is 1. The van der Waals surface area contributed by atoms with E-state index in [1.165, 1.54) is 18.3 Å². The van der Waals surface area contributed by atoms with Crippen molar-refractivity contribution in [2.45, 2.75) is 17.9 Å². The van der Waals surface area contributed by atoms with E-state index in [1.807, 2.05) is 0 Å². The molecule has 2 aromatic carbocycles. The van der Waals surface area contributed by atoms with E-state index in [4.69, 9.17) is 16.7 Å². The van der Waals surface area contributed by atoms with Crippen molar-refractivity contribution in [3.63, 3.8) is 0 Å². The normalized spacial score (nSPS) is 12.6. The molecule has 0 aliphatic heterocycles. The van der Waals surface area contributed by atoms with E-state index < -0.39 is 16.1 Å². The summed E-state index contributed by atoms with van der Waals surface area (Å²) in [6, 6.07) is 12.8. The molecule has 0 bridgehead atoms. The predicted octanol–water partition coefficient (Wildman–Crippen LogP) is 2.66. The van der Waals surface area contributed by atoms with Crippen LogP contribution in [-0.4, -0.2) is 24.1 Å². The molecule has 140 valence electrons. The molecule has 1 atom stereocenters. The van der Waals surface area contributed by atoms with Gasteiger partial charge in [0.25, 0.3) is 5.91 Å². The number of sulfonamides is 1. The van der Waals surface area contributed by atoms with Crippen LogP contribution in [0.4, 0.5) is 0 Å². The van der Waals surface area contributed by atoms with E-state index >= 15 is 0 Å². The van der Waals surface area contributed by atoms with Crippen LogP contribution in [0.5, 0.6) is 0 Å². The lowest BCUT2D eigenvalue weighted by atomic mass is 10.1. The van der Waals surface area contributed by atoms with Gasteiger partial charge in [-0.2, -0.15) is 5.10 Å². The zero-order valence-electron chi connectivity index (χ0n) is 14.3. The first kappa shape index (κ1) is 19.1. The lowest BCUT2D eigenvalue weighted by molar-refractivity contribution is 0.0940. The molecular formula is C18H17ClN4O3S. The van der Waals surface area contributed by atoms with Gasteiger partial charge in [0.15, 0.2) is 0 Å². The molecule has 27 heavy (non-hydrogen) atoms. The summed E-state index contributed by atoms with van der Waals surface area (Å²) in [5, 5.41) is 12.8. The van der Waals surface area contributed by atoms with Crippen molar-refractivity contribution < 1.29 is 13.2 Å². The number of hydrogen-bond donors (Lipinski definition) is 2. The first-order valence-electron chi connectivity index (χ1n) is 7.98. The van der Waals surface area contributed by atoms with Crippen LogP contribution < -0.4 is 10.5 Å². The van der Waals surface area contributed by atoms with Gasteiger partial charge in [0, 0.05) is 11.2 Å². The van der Waals surface area contributed by atoms with Gasteiger partial charge in [0.2, 0.25) is 10.0 Å². The van der Waals surface area contributed by atoms with Gasteiger partial charge in [0.05, 0.1) is 28.4 Å². The number of aromatic nitrogens is 2. The van der Waals surface area contributed by atoms with Gasteiger partial charge in [-0.15, -0.1) is 0 Å². The number of rotatable bonds is 5. The molecule has 3 rings (SSSR count). The first-order valence-corrected chi connectivity index (χ1v) is 9.91. The quantitative estimate of drug-likeness (QED) is 0.681. The van der Waals surface area contributed by atoms with Gasteiger partial charge in [0.1, 0.15) is 0 Å².